The molecule has 1 N–H and O–H groups in total. The second-order valence-electron chi connectivity index (χ2n) is 5.75. The van der Waals surface area contributed by atoms with E-state index in [1.807, 2.05) is 0 Å². The molecule has 1 aliphatic heterocycles. The van der Waals surface area contributed by atoms with Crippen molar-refractivity contribution in [2.75, 3.05) is 6.61 Å². The van der Waals surface area contributed by atoms with Gasteiger partial charge in [-0.05, 0) is 19.3 Å². The summed E-state index contributed by atoms with van der Waals surface area (Å²) >= 11 is 0. The van der Waals surface area contributed by atoms with Gasteiger partial charge in [0.15, 0.2) is 0 Å². The Labute approximate surface area is 113 Å². The summed E-state index contributed by atoms with van der Waals surface area (Å²) in [5.74, 6) is 0.398. The van der Waals surface area contributed by atoms with Crippen LogP contribution in [0.5, 0.6) is 0 Å². The first-order valence-corrected chi connectivity index (χ1v) is 8.09. The van der Waals surface area contributed by atoms with Crippen molar-refractivity contribution in [1.82, 2.24) is 0 Å². The first-order chi connectivity index (χ1) is 8.79. The minimum Gasteiger partial charge on any atom is -0.393 e. The molecule has 2 nitrogen and oxygen atoms in total. The Bertz CT molecular complexity index is 194. The van der Waals surface area contributed by atoms with E-state index >= 15 is 0 Å². The van der Waals surface area contributed by atoms with Crippen LogP contribution in [0.1, 0.15) is 78.1 Å². The van der Waals surface area contributed by atoms with Crippen molar-refractivity contribution in [1.29, 1.82) is 0 Å². The molecule has 108 valence electrons. The van der Waals surface area contributed by atoms with Crippen LogP contribution in [0.2, 0.25) is 0 Å². The lowest BCUT2D eigenvalue weighted by molar-refractivity contribution is 0.0268. The van der Waals surface area contributed by atoms with Crippen molar-refractivity contribution in [3.63, 3.8) is 0 Å². The molecule has 1 fully saturated rings. The molecule has 0 aromatic carbocycles. The molecule has 18 heavy (non-hydrogen) atoms. The molecular formula is C16H32O2. The van der Waals surface area contributed by atoms with Gasteiger partial charge < -0.3 is 9.84 Å². The van der Waals surface area contributed by atoms with Crippen molar-refractivity contribution in [2.24, 2.45) is 5.92 Å². The molecule has 3 unspecified atom stereocenters. The lowest BCUT2D eigenvalue weighted by Crippen LogP contribution is -2.27. The van der Waals surface area contributed by atoms with Gasteiger partial charge in [-0.3, -0.25) is 0 Å². The van der Waals surface area contributed by atoms with Crippen LogP contribution >= 0.6 is 0 Å². The Morgan fingerprint density at radius 2 is 1.72 bits per heavy atom. The van der Waals surface area contributed by atoms with Crippen molar-refractivity contribution < 1.29 is 9.84 Å². The molecule has 0 amide bonds. The van der Waals surface area contributed by atoms with Crippen molar-refractivity contribution in [3.05, 3.63) is 0 Å². The Balaban J connectivity index is 2.01. The molecule has 1 rings (SSSR count). The Morgan fingerprint density at radius 1 is 1.06 bits per heavy atom. The zero-order valence-electron chi connectivity index (χ0n) is 12.4. The zero-order valence-corrected chi connectivity index (χ0v) is 12.4. The van der Waals surface area contributed by atoms with Gasteiger partial charge >= 0.3 is 0 Å². The molecule has 0 saturated carbocycles. The van der Waals surface area contributed by atoms with E-state index in [1.165, 1.54) is 44.9 Å². The van der Waals surface area contributed by atoms with Gasteiger partial charge in [0.05, 0.1) is 12.2 Å². The highest BCUT2D eigenvalue weighted by atomic mass is 16.5. The maximum Gasteiger partial charge on any atom is 0.0626 e. The summed E-state index contributed by atoms with van der Waals surface area (Å²) in [5.41, 5.74) is 0. The molecule has 2 heteroatoms. The van der Waals surface area contributed by atoms with Gasteiger partial charge in [0.1, 0.15) is 0 Å². The SMILES string of the molecule is CCCCCCCCCC(O)C1CCOC1CC. The molecule has 1 heterocycles. The molecule has 0 spiro atoms. The van der Waals surface area contributed by atoms with E-state index in [4.69, 9.17) is 4.74 Å². The highest BCUT2D eigenvalue weighted by Crippen LogP contribution is 2.28. The lowest BCUT2D eigenvalue weighted by atomic mass is 9.90. The van der Waals surface area contributed by atoms with E-state index in [-0.39, 0.29) is 6.10 Å². The molecule has 0 bridgehead atoms. The summed E-state index contributed by atoms with van der Waals surface area (Å²) in [6.45, 7) is 5.25. The van der Waals surface area contributed by atoms with Crippen LogP contribution in [0.4, 0.5) is 0 Å². The van der Waals surface area contributed by atoms with Gasteiger partial charge in [-0.2, -0.15) is 0 Å². The smallest absolute Gasteiger partial charge is 0.0626 e. The fourth-order valence-corrected chi connectivity index (χ4v) is 3.05. The summed E-state index contributed by atoms with van der Waals surface area (Å²) in [7, 11) is 0. The van der Waals surface area contributed by atoms with Gasteiger partial charge in [-0.1, -0.05) is 58.8 Å². The second kappa shape index (κ2) is 9.80. The fourth-order valence-electron chi connectivity index (χ4n) is 3.05. The van der Waals surface area contributed by atoms with Crippen molar-refractivity contribution >= 4 is 0 Å². The molecule has 0 aromatic heterocycles. The summed E-state index contributed by atoms with van der Waals surface area (Å²) < 4.78 is 5.65. The summed E-state index contributed by atoms with van der Waals surface area (Å²) in [5, 5.41) is 10.2. The average molecular weight is 256 g/mol. The number of ether oxygens (including phenoxy) is 1. The van der Waals surface area contributed by atoms with Crippen LogP contribution in [0.3, 0.4) is 0 Å². The largest absolute Gasteiger partial charge is 0.393 e. The number of aliphatic hydroxyl groups is 1. The van der Waals surface area contributed by atoms with Crippen molar-refractivity contribution in [2.45, 2.75) is 90.3 Å². The molecule has 1 aliphatic rings. The topological polar surface area (TPSA) is 29.5 Å². The predicted octanol–water partition coefficient (Wildman–Crippen LogP) is 4.30. The van der Waals surface area contributed by atoms with E-state index in [2.05, 4.69) is 13.8 Å². The molecular weight excluding hydrogens is 224 g/mol. The average Bonchev–Trinajstić information content (AvgIpc) is 2.85. The van der Waals surface area contributed by atoms with E-state index in [0.717, 1.165) is 25.9 Å². The van der Waals surface area contributed by atoms with Gasteiger partial charge in [-0.15, -0.1) is 0 Å². The number of unbranched alkanes of at least 4 members (excludes halogenated alkanes) is 6. The van der Waals surface area contributed by atoms with Crippen molar-refractivity contribution in [3.8, 4) is 0 Å². The van der Waals surface area contributed by atoms with Crippen LogP contribution in [-0.2, 0) is 4.74 Å². The monoisotopic (exact) mass is 256 g/mol. The van der Waals surface area contributed by atoms with E-state index < -0.39 is 0 Å². The number of rotatable bonds is 10. The van der Waals surface area contributed by atoms with Gasteiger partial charge in [-0.25, -0.2) is 0 Å². The quantitative estimate of drug-likeness (QED) is 0.590. The first-order valence-electron chi connectivity index (χ1n) is 8.09. The number of aliphatic hydroxyl groups excluding tert-OH is 1. The maximum atomic E-state index is 10.2. The third-order valence-electron chi connectivity index (χ3n) is 4.26. The Kier molecular flexibility index (Phi) is 8.70. The van der Waals surface area contributed by atoms with E-state index in [9.17, 15) is 5.11 Å². The summed E-state index contributed by atoms with van der Waals surface area (Å²) in [4.78, 5) is 0. The zero-order chi connectivity index (χ0) is 13.2. The highest BCUT2D eigenvalue weighted by molar-refractivity contribution is 4.81. The number of hydrogen-bond donors (Lipinski definition) is 1. The van der Waals surface area contributed by atoms with Crippen LogP contribution < -0.4 is 0 Å². The molecule has 3 atom stereocenters. The normalized spacial score (nSPS) is 25.5. The first kappa shape index (κ1) is 16.0. The Morgan fingerprint density at radius 3 is 2.39 bits per heavy atom. The summed E-state index contributed by atoms with van der Waals surface area (Å²) in [6.07, 6.45) is 12.5. The van der Waals surface area contributed by atoms with Gasteiger partial charge in [0.2, 0.25) is 0 Å². The lowest BCUT2D eigenvalue weighted by Gasteiger charge is -2.22. The van der Waals surface area contributed by atoms with Crippen LogP contribution in [0.15, 0.2) is 0 Å². The van der Waals surface area contributed by atoms with Gasteiger partial charge in [0, 0.05) is 12.5 Å². The van der Waals surface area contributed by atoms with E-state index in [1.54, 1.807) is 0 Å². The third kappa shape index (κ3) is 5.71. The minimum absolute atomic E-state index is 0.131. The maximum absolute atomic E-state index is 10.2. The molecule has 0 aromatic rings. The minimum atomic E-state index is -0.131. The summed E-state index contributed by atoms with van der Waals surface area (Å²) in [6, 6.07) is 0. The van der Waals surface area contributed by atoms with Crippen LogP contribution in [0, 0.1) is 5.92 Å². The fraction of sp³-hybridized carbons (Fsp3) is 1.00. The second-order valence-corrected chi connectivity index (χ2v) is 5.75. The van der Waals surface area contributed by atoms with Crippen LogP contribution in [0.25, 0.3) is 0 Å². The number of hydrogen-bond acceptors (Lipinski definition) is 2. The molecule has 1 saturated heterocycles. The van der Waals surface area contributed by atoms with Gasteiger partial charge in [0.25, 0.3) is 0 Å². The highest BCUT2D eigenvalue weighted by Gasteiger charge is 2.31. The van der Waals surface area contributed by atoms with Crippen LogP contribution in [-0.4, -0.2) is 23.9 Å². The third-order valence-corrected chi connectivity index (χ3v) is 4.26. The predicted molar refractivity (Wildman–Crippen MR) is 76.8 cm³/mol. The van der Waals surface area contributed by atoms with E-state index in [0.29, 0.717) is 12.0 Å². The molecule has 0 radical (unpaired) electrons. The molecule has 0 aliphatic carbocycles. The Hall–Kier alpha value is -0.0800. The standard InChI is InChI=1S/C16H32O2/c1-3-5-6-7-8-9-10-11-15(17)14-12-13-18-16(14)4-2/h14-17H,3-13H2,1-2H3.